The number of halogens is 1. The van der Waals surface area contributed by atoms with Crippen molar-refractivity contribution in [1.82, 2.24) is 0 Å². The fraction of sp³-hybridized carbons (Fsp3) is 0.0588. The molecule has 0 atom stereocenters. The van der Waals surface area contributed by atoms with Gasteiger partial charge in [0, 0.05) is 21.7 Å². The fourth-order valence-corrected chi connectivity index (χ4v) is 2.35. The van der Waals surface area contributed by atoms with E-state index >= 15 is 0 Å². The summed E-state index contributed by atoms with van der Waals surface area (Å²) in [5, 5.41) is 2.91. The van der Waals surface area contributed by atoms with Crippen LogP contribution in [0.2, 0.25) is 5.02 Å². The second kappa shape index (κ2) is 5.43. The molecule has 0 spiro atoms. The SMILES string of the molecule is Nc1ccc(Cl)c(COc2cccc3ccccc23)c1. The molecule has 3 aromatic rings. The molecule has 0 heterocycles. The van der Waals surface area contributed by atoms with E-state index in [1.165, 1.54) is 0 Å². The molecule has 0 aliphatic rings. The monoisotopic (exact) mass is 283 g/mol. The maximum atomic E-state index is 6.15. The summed E-state index contributed by atoms with van der Waals surface area (Å²) in [4.78, 5) is 0. The number of hydrogen-bond acceptors (Lipinski definition) is 2. The summed E-state index contributed by atoms with van der Waals surface area (Å²) in [7, 11) is 0. The zero-order valence-corrected chi connectivity index (χ0v) is 11.6. The Labute approximate surface area is 122 Å². The summed E-state index contributed by atoms with van der Waals surface area (Å²) in [5.74, 6) is 0.849. The number of benzene rings is 3. The number of fused-ring (bicyclic) bond motifs is 1. The molecule has 0 radical (unpaired) electrons. The summed E-state index contributed by atoms with van der Waals surface area (Å²) in [6, 6.07) is 19.6. The predicted octanol–water partition coefficient (Wildman–Crippen LogP) is 4.65. The molecule has 2 nitrogen and oxygen atoms in total. The first-order valence-electron chi connectivity index (χ1n) is 6.38. The number of ether oxygens (including phenoxy) is 1. The lowest BCUT2D eigenvalue weighted by molar-refractivity contribution is 0.310. The lowest BCUT2D eigenvalue weighted by Gasteiger charge is -2.11. The van der Waals surface area contributed by atoms with E-state index in [2.05, 4.69) is 12.1 Å². The molecule has 0 saturated carbocycles. The zero-order valence-electron chi connectivity index (χ0n) is 10.8. The average Bonchev–Trinajstić information content (AvgIpc) is 2.48. The fourth-order valence-electron chi connectivity index (χ4n) is 2.18. The molecule has 0 aliphatic carbocycles. The molecule has 3 heteroatoms. The van der Waals surface area contributed by atoms with Crippen molar-refractivity contribution in [2.45, 2.75) is 6.61 Å². The molecule has 100 valence electrons. The molecule has 0 saturated heterocycles. The molecule has 0 aromatic heterocycles. The smallest absolute Gasteiger partial charge is 0.127 e. The van der Waals surface area contributed by atoms with Crippen LogP contribution in [0.4, 0.5) is 5.69 Å². The van der Waals surface area contributed by atoms with Crippen LogP contribution in [0.3, 0.4) is 0 Å². The van der Waals surface area contributed by atoms with Gasteiger partial charge in [0.1, 0.15) is 12.4 Å². The number of nitrogen functional groups attached to an aromatic ring is 1. The predicted molar refractivity (Wildman–Crippen MR) is 84.1 cm³/mol. The van der Waals surface area contributed by atoms with Gasteiger partial charge in [0.25, 0.3) is 0 Å². The van der Waals surface area contributed by atoms with E-state index in [4.69, 9.17) is 22.1 Å². The molecule has 0 fully saturated rings. The first-order chi connectivity index (χ1) is 9.74. The van der Waals surface area contributed by atoms with Gasteiger partial charge in [0.15, 0.2) is 0 Å². The molecule has 0 unspecified atom stereocenters. The Morgan fingerprint density at radius 1 is 0.950 bits per heavy atom. The van der Waals surface area contributed by atoms with Gasteiger partial charge in [0.05, 0.1) is 0 Å². The highest BCUT2D eigenvalue weighted by Gasteiger charge is 2.05. The molecular weight excluding hydrogens is 270 g/mol. The highest BCUT2D eigenvalue weighted by molar-refractivity contribution is 6.31. The minimum atomic E-state index is 0.401. The van der Waals surface area contributed by atoms with Crippen molar-refractivity contribution in [3.8, 4) is 5.75 Å². The molecule has 2 N–H and O–H groups in total. The number of rotatable bonds is 3. The van der Waals surface area contributed by atoms with E-state index in [0.29, 0.717) is 17.3 Å². The van der Waals surface area contributed by atoms with Gasteiger partial charge in [-0.25, -0.2) is 0 Å². The number of nitrogens with two attached hydrogens (primary N) is 1. The van der Waals surface area contributed by atoms with Gasteiger partial charge in [-0.1, -0.05) is 48.0 Å². The normalized spacial score (nSPS) is 10.7. The molecule has 3 rings (SSSR count). The summed E-state index contributed by atoms with van der Waals surface area (Å²) in [5.41, 5.74) is 7.35. The topological polar surface area (TPSA) is 35.2 Å². The second-order valence-corrected chi connectivity index (χ2v) is 5.02. The lowest BCUT2D eigenvalue weighted by Crippen LogP contribution is -1.98. The zero-order chi connectivity index (χ0) is 13.9. The van der Waals surface area contributed by atoms with Crippen LogP contribution in [0.1, 0.15) is 5.56 Å². The molecule has 20 heavy (non-hydrogen) atoms. The summed E-state index contributed by atoms with van der Waals surface area (Å²) in [6.07, 6.45) is 0. The van der Waals surface area contributed by atoms with Gasteiger partial charge >= 0.3 is 0 Å². The van der Waals surface area contributed by atoms with Gasteiger partial charge in [-0.3, -0.25) is 0 Å². The standard InChI is InChI=1S/C17H14ClNO/c18-16-9-8-14(19)10-13(16)11-20-17-7-3-5-12-4-1-2-6-15(12)17/h1-10H,11,19H2. The highest BCUT2D eigenvalue weighted by atomic mass is 35.5. The van der Waals surface area contributed by atoms with Gasteiger partial charge < -0.3 is 10.5 Å². The Kier molecular flexibility index (Phi) is 3.48. The second-order valence-electron chi connectivity index (χ2n) is 4.62. The van der Waals surface area contributed by atoms with E-state index in [0.717, 1.165) is 22.1 Å². The van der Waals surface area contributed by atoms with Gasteiger partial charge in [-0.2, -0.15) is 0 Å². The van der Waals surface area contributed by atoms with Crippen LogP contribution in [0.15, 0.2) is 60.7 Å². The third-order valence-electron chi connectivity index (χ3n) is 3.20. The van der Waals surface area contributed by atoms with Crippen molar-refractivity contribution >= 4 is 28.1 Å². The van der Waals surface area contributed by atoms with Crippen LogP contribution in [-0.2, 0) is 6.61 Å². The van der Waals surface area contributed by atoms with E-state index in [1.807, 2.05) is 36.4 Å². The maximum Gasteiger partial charge on any atom is 0.127 e. The van der Waals surface area contributed by atoms with Crippen LogP contribution in [0, 0.1) is 0 Å². The third kappa shape index (κ3) is 2.56. The maximum absolute atomic E-state index is 6.15. The van der Waals surface area contributed by atoms with Crippen molar-refractivity contribution in [1.29, 1.82) is 0 Å². The number of hydrogen-bond donors (Lipinski definition) is 1. The minimum absolute atomic E-state index is 0.401. The van der Waals surface area contributed by atoms with Crippen LogP contribution in [0.25, 0.3) is 10.8 Å². The number of anilines is 1. The van der Waals surface area contributed by atoms with E-state index in [-0.39, 0.29) is 0 Å². The van der Waals surface area contributed by atoms with Crippen LogP contribution < -0.4 is 10.5 Å². The minimum Gasteiger partial charge on any atom is -0.488 e. The molecule has 0 bridgehead atoms. The first kappa shape index (κ1) is 12.8. The van der Waals surface area contributed by atoms with Gasteiger partial charge in [-0.05, 0) is 29.7 Å². The summed E-state index contributed by atoms with van der Waals surface area (Å²) < 4.78 is 5.90. The van der Waals surface area contributed by atoms with Crippen LogP contribution in [-0.4, -0.2) is 0 Å². The Morgan fingerprint density at radius 2 is 1.75 bits per heavy atom. The van der Waals surface area contributed by atoms with Crippen LogP contribution >= 0.6 is 11.6 Å². The summed E-state index contributed by atoms with van der Waals surface area (Å²) >= 11 is 6.15. The van der Waals surface area contributed by atoms with Crippen molar-refractivity contribution in [3.63, 3.8) is 0 Å². The van der Waals surface area contributed by atoms with Crippen molar-refractivity contribution in [2.24, 2.45) is 0 Å². The Morgan fingerprint density at radius 3 is 2.65 bits per heavy atom. The van der Waals surface area contributed by atoms with Gasteiger partial charge in [0.2, 0.25) is 0 Å². The van der Waals surface area contributed by atoms with Crippen molar-refractivity contribution in [2.75, 3.05) is 5.73 Å². The Bertz CT molecular complexity index is 750. The van der Waals surface area contributed by atoms with E-state index in [9.17, 15) is 0 Å². The Hall–Kier alpha value is -2.19. The molecule has 0 aliphatic heterocycles. The Balaban J connectivity index is 1.89. The molecule has 0 amide bonds. The van der Waals surface area contributed by atoms with Crippen LogP contribution in [0.5, 0.6) is 5.75 Å². The third-order valence-corrected chi connectivity index (χ3v) is 3.57. The van der Waals surface area contributed by atoms with Crippen molar-refractivity contribution in [3.05, 3.63) is 71.2 Å². The quantitative estimate of drug-likeness (QED) is 0.710. The summed E-state index contributed by atoms with van der Waals surface area (Å²) in [6.45, 7) is 0.401. The largest absolute Gasteiger partial charge is 0.488 e. The van der Waals surface area contributed by atoms with E-state index < -0.39 is 0 Å². The van der Waals surface area contributed by atoms with E-state index in [1.54, 1.807) is 12.1 Å². The first-order valence-corrected chi connectivity index (χ1v) is 6.76. The molecular formula is C17H14ClNO. The van der Waals surface area contributed by atoms with Gasteiger partial charge in [-0.15, -0.1) is 0 Å². The lowest BCUT2D eigenvalue weighted by atomic mass is 10.1. The average molecular weight is 284 g/mol. The van der Waals surface area contributed by atoms with Crippen molar-refractivity contribution < 1.29 is 4.74 Å². The molecule has 3 aromatic carbocycles. The highest BCUT2D eigenvalue weighted by Crippen LogP contribution is 2.27.